The molecule has 0 fully saturated rings. The van der Waals surface area contributed by atoms with E-state index in [9.17, 15) is 14.4 Å². The molecule has 7 rings (SSSR count). The molecule has 0 aliphatic rings. The summed E-state index contributed by atoms with van der Waals surface area (Å²) in [6.45, 7) is 7.21. The smallest absolute Gasteiger partial charge is 0.318 e. The van der Waals surface area contributed by atoms with Gasteiger partial charge < -0.3 is 14.5 Å². The highest BCUT2D eigenvalue weighted by molar-refractivity contribution is 6.13. The molecular formula is C55H51N3O6. The van der Waals surface area contributed by atoms with E-state index in [1.54, 1.807) is 20.8 Å². The minimum absolute atomic E-state index is 0.196. The van der Waals surface area contributed by atoms with Crippen molar-refractivity contribution in [3.8, 4) is 0 Å². The molecule has 0 saturated heterocycles. The van der Waals surface area contributed by atoms with Crippen molar-refractivity contribution in [1.82, 2.24) is 0 Å². The third-order valence-corrected chi connectivity index (χ3v) is 9.12. The number of nitrogens with zero attached hydrogens (tertiary/aromatic N) is 3. The van der Waals surface area contributed by atoms with Crippen LogP contribution in [-0.2, 0) is 41.7 Å². The van der Waals surface area contributed by atoms with Crippen LogP contribution in [-0.4, -0.2) is 35.0 Å². The summed E-state index contributed by atoms with van der Waals surface area (Å²) in [6.07, 6.45) is 0.424. The lowest BCUT2D eigenvalue weighted by molar-refractivity contribution is -0.153. The summed E-state index contributed by atoms with van der Waals surface area (Å²) in [7, 11) is 0. The van der Waals surface area contributed by atoms with Crippen molar-refractivity contribution >= 4 is 35.0 Å². The Morgan fingerprint density at radius 2 is 0.641 bits per heavy atom. The average Bonchev–Trinajstić information content (AvgIpc) is 3.33. The van der Waals surface area contributed by atoms with E-state index in [1.807, 2.05) is 219 Å². The first kappa shape index (κ1) is 47.0. The minimum atomic E-state index is -0.581. The van der Waals surface area contributed by atoms with Crippen LogP contribution in [0.3, 0.4) is 0 Å². The lowest BCUT2D eigenvalue weighted by Crippen LogP contribution is -2.21. The highest BCUT2D eigenvalue weighted by atomic mass is 16.7. The van der Waals surface area contributed by atoms with Crippen LogP contribution >= 0.6 is 0 Å². The second kappa shape index (κ2) is 25.0. The van der Waals surface area contributed by atoms with Gasteiger partial charge in [-0.15, -0.1) is 0 Å². The number of hydrogen-bond donors (Lipinski definition) is 0. The SMILES string of the molecule is CC(=NOC(=O)Cc1ccccc1)c1ccccc1.CC(C)(C)C(=O)ON=C(c1ccccc1)c1ccccc1.O=C(Cc1ccccc1)ON=C(c1ccccc1)c1ccccc1. The molecule has 0 spiro atoms. The standard InChI is InChI=1S/C21H17NO2.C18H19NO2.C16H15NO2/c23-20(16-17-10-4-1-5-11-17)24-22-21(18-12-6-2-7-13-18)19-14-8-3-9-15-19;1-18(2,3)17(20)21-19-16(14-10-6-4-7-11-14)15-12-8-5-9-13-15;1-13(15-10-6-3-7-11-15)17-19-16(18)12-14-8-4-2-5-9-14/h1-15H,16H2;4-13H,1-3H3;2-11H,12H2,1H3. The maximum Gasteiger partial charge on any atom is 0.340 e. The van der Waals surface area contributed by atoms with Crippen LogP contribution in [0, 0.1) is 5.41 Å². The predicted molar refractivity (Wildman–Crippen MR) is 254 cm³/mol. The van der Waals surface area contributed by atoms with Crippen molar-refractivity contribution in [1.29, 1.82) is 0 Å². The summed E-state index contributed by atoms with van der Waals surface area (Å²) in [5.74, 6) is -1.10. The van der Waals surface area contributed by atoms with Gasteiger partial charge in [0.15, 0.2) is 0 Å². The minimum Gasteiger partial charge on any atom is -0.318 e. The molecule has 9 heteroatoms. The summed E-state index contributed by atoms with van der Waals surface area (Å²) in [5, 5.41) is 12.1. The van der Waals surface area contributed by atoms with Crippen LogP contribution in [0.25, 0.3) is 0 Å². The summed E-state index contributed by atoms with van der Waals surface area (Å²) in [5.41, 5.74) is 7.76. The fourth-order valence-corrected chi connectivity index (χ4v) is 5.69. The molecule has 0 unspecified atom stereocenters. The number of carbonyl (C=O) groups is 3. The molecule has 64 heavy (non-hydrogen) atoms. The van der Waals surface area contributed by atoms with Gasteiger partial charge in [-0.05, 0) is 44.4 Å². The molecule has 7 aromatic rings. The van der Waals surface area contributed by atoms with Crippen LogP contribution in [0.1, 0.15) is 66.6 Å². The number of carbonyl (C=O) groups excluding carboxylic acids is 3. The summed E-state index contributed by atoms with van der Waals surface area (Å²) < 4.78 is 0. The van der Waals surface area contributed by atoms with Crippen molar-refractivity contribution in [2.45, 2.75) is 40.5 Å². The van der Waals surface area contributed by atoms with Gasteiger partial charge in [-0.2, -0.15) is 0 Å². The normalized spacial score (nSPS) is 10.6. The first-order valence-corrected chi connectivity index (χ1v) is 20.7. The molecule has 0 N–H and O–H groups in total. The van der Waals surface area contributed by atoms with Crippen LogP contribution in [0.2, 0.25) is 0 Å². The number of rotatable bonds is 12. The van der Waals surface area contributed by atoms with Gasteiger partial charge in [-0.3, -0.25) is 0 Å². The van der Waals surface area contributed by atoms with E-state index in [1.165, 1.54) is 0 Å². The van der Waals surface area contributed by atoms with Gasteiger partial charge in [0.1, 0.15) is 11.4 Å². The van der Waals surface area contributed by atoms with Crippen molar-refractivity contribution in [3.63, 3.8) is 0 Å². The van der Waals surface area contributed by atoms with Gasteiger partial charge >= 0.3 is 17.9 Å². The summed E-state index contributed by atoms with van der Waals surface area (Å²) >= 11 is 0. The largest absolute Gasteiger partial charge is 0.340 e. The van der Waals surface area contributed by atoms with Gasteiger partial charge in [0, 0.05) is 22.3 Å². The molecule has 0 aliphatic heterocycles. The summed E-state index contributed by atoms with van der Waals surface area (Å²) in [6, 6.07) is 67.3. The summed E-state index contributed by atoms with van der Waals surface area (Å²) in [4.78, 5) is 50.8. The Morgan fingerprint density at radius 3 is 0.953 bits per heavy atom. The zero-order valence-electron chi connectivity index (χ0n) is 36.4. The van der Waals surface area contributed by atoms with Crippen molar-refractivity contribution in [2.75, 3.05) is 0 Å². The molecule has 9 nitrogen and oxygen atoms in total. The average molecular weight is 850 g/mol. The van der Waals surface area contributed by atoms with Gasteiger partial charge in [-0.25, -0.2) is 14.4 Å². The molecule has 0 aliphatic carbocycles. The fourth-order valence-electron chi connectivity index (χ4n) is 5.69. The lowest BCUT2D eigenvalue weighted by Gasteiger charge is -2.14. The Morgan fingerprint density at radius 1 is 0.375 bits per heavy atom. The molecular weight excluding hydrogens is 799 g/mol. The number of hydrogen-bond acceptors (Lipinski definition) is 9. The molecule has 0 amide bonds. The second-order valence-electron chi connectivity index (χ2n) is 15.3. The second-order valence-corrected chi connectivity index (χ2v) is 15.3. The van der Waals surface area contributed by atoms with Crippen molar-refractivity contribution < 1.29 is 28.9 Å². The van der Waals surface area contributed by atoms with Crippen LogP contribution in [0.15, 0.2) is 228 Å². The molecule has 7 aromatic carbocycles. The molecule has 0 bridgehead atoms. The van der Waals surface area contributed by atoms with E-state index in [4.69, 9.17) is 14.5 Å². The highest BCUT2D eigenvalue weighted by Crippen LogP contribution is 2.18. The zero-order valence-corrected chi connectivity index (χ0v) is 36.4. The van der Waals surface area contributed by atoms with Crippen molar-refractivity contribution in [2.24, 2.45) is 20.9 Å². The molecule has 322 valence electrons. The first-order valence-electron chi connectivity index (χ1n) is 20.7. The predicted octanol–water partition coefficient (Wildman–Crippen LogP) is 11.4. The van der Waals surface area contributed by atoms with E-state index < -0.39 is 5.41 Å². The monoisotopic (exact) mass is 849 g/mol. The van der Waals surface area contributed by atoms with E-state index in [2.05, 4.69) is 15.5 Å². The quantitative estimate of drug-likeness (QED) is 0.0687. The maximum atomic E-state index is 12.1. The van der Waals surface area contributed by atoms with Crippen LogP contribution in [0.5, 0.6) is 0 Å². The van der Waals surface area contributed by atoms with Crippen LogP contribution < -0.4 is 0 Å². The Kier molecular flexibility index (Phi) is 18.4. The lowest BCUT2D eigenvalue weighted by atomic mass is 9.98. The van der Waals surface area contributed by atoms with E-state index >= 15 is 0 Å². The Bertz CT molecular complexity index is 2500. The maximum absolute atomic E-state index is 12.1. The van der Waals surface area contributed by atoms with Crippen molar-refractivity contribution in [3.05, 3.63) is 251 Å². The molecule has 0 heterocycles. The highest BCUT2D eigenvalue weighted by Gasteiger charge is 2.24. The molecule has 0 atom stereocenters. The van der Waals surface area contributed by atoms with E-state index in [-0.39, 0.29) is 30.7 Å². The van der Waals surface area contributed by atoms with Gasteiger partial charge in [0.05, 0.1) is 24.0 Å². The van der Waals surface area contributed by atoms with Gasteiger partial charge in [-0.1, -0.05) is 228 Å². The number of benzene rings is 7. The molecule has 0 saturated carbocycles. The molecule has 0 aromatic heterocycles. The first-order chi connectivity index (χ1) is 31.1. The third-order valence-electron chi connectivity index (χ3n) is 9.12. The topological polar surface area (TPSA) is 116 Å². The van der Waals surface area contributed by atoms with E-state index in [0.717, 1.165) is 38.9 Å². The number of oxime groups is 3. The Balaban J connectivity index is 0.000000182. The Labute approximate surface area is 375 Å². The zero-order chi connectivity index (χ0) is 45.4. The molecule has 0 radical (unpaired) electrons. The Hall–Kier alpha value is -8.04. The fraction of sp³-hybridized carbons (Fsp3) is 0.127. The van der Waals surface area contributed by atoms with E-state index in [0.29, 0.717) is 17.1 Å². The van der Waals surface area contributed by atoms with Crippen LogP contribution in [0.4, 0.5) is 0 Å². The van der Waals surface area contributed by atoms with Gasteiger partial charge in [0.25, 0.3) is 0 Å². The van der Waals surface area contributed by atoms with Gasteiger partial charge in [0.2, 0.25) is 0 Å². The third kappa shape index (κ3) is 16.1.